The molecule has 0 amide bonds. The van der Waals surface area contributed by atoms with Crippen LogP contribution in [0, 0.1) is 24.6 Å². The molecule has 8 nitrogen and oxygen atoms in total. The number of nitrogens with zero attached hydrogens (tertiary/aromatic N) is 6. The Balaban J connectivity index is 1.34. The quantitative estimate of drug-likeness (QED) is 0.517. The third-order valence-corrected chi connectivity index (χ3v) is 6.60. The number of rotatable bonds is 7. The summed E-state index contributed by atoms with van der Waals surface area (Å²) in [5, 5.41) is 7.36. The zero-order chi connectivity index (χ0) is 23.8. The molecule has 12 heteroatoms. The Bertz CT molecular complexity index is 1160. The van der Waals surface area contributed by atoms with Gasteiger partial charge in [-0.1, -0.05) is 17.7 Å². The number of nitrogens with one attached hydrogen (secondary N) is 1. The van der Waals surface area contributed by atoms with E-state index < -0.39 is 18.8 Å². The third kappa shape index (κ3) is 4.61. The average molecular weight is 494 g/mol. The Kier molecular flexibility index (Phi) is 6.20. The number of piperidine rings is 1. The van der Waals surface area contributed by atoms with E-state index in [0.717, 1.165) is 42.1 Å². The second-order valence-electron chi connectivity index (χ2n) is 8.64. The second kappa shape index (κ2) is 9.28. The third-order valence-electron chi connectivity index (χ3n) is 6.31. The van der Waals surface area contributed by atoms with Gasteiger partial charge in [-0.3, -0.25) is 0 Å². The number of halogens is 4. The minimum absolute atomic E-state index is 0.0809. The minimum atomic E-state index is -2.68. The molecule has 0 spiro atoms. The molecule has 3 atom stereocenters. The maximum Gasteiger partial charge on any atom is 0.322 e. The van der Waals surface area contributed by atoms with Crippen LogP contribution in [0.2, 0.25) is 5.02 Å². The van der Waals surface area contributed by atoms with Crippen molar-refractivity contribution in [2.24, 2.45) is 11.8 Å². The van der Waals surface area contributed by atoms with E-state index in [1.54, 1.807) is 6.33 Å². The molecule has 3 aromatic rings. The predicted molar refractivity (Wildman–Crippen MR) is 120 cm³/mol. The van der Waals surface area contributed by atoms with Crippen molar-refractivity contribution in [3.63, 3.8) is 0 Å². The highest BCUT2D eigenvalue weighted by atomic mass is 35.5. The molecule has 34 heavy (non-hydrogen) atoms. The average Bonchev–Trinajstić information content (AvgIpc) is 3.25. The molecule has 3 heterocycles. The van der Waals surface area contributed by atoms with Gasteiger partial charge in [-0.25, -0.2) is 27.8 Å². The molecule has 2 fully saturated rings. The molecule has 5 rings (SSSR count). The summed E-state index contributed by atoms with van der Waals surface area (Å²) in [4.78, 5) is 15.1. The van der Waals surface area contributed by atoms with Crippen molar-refractivity contribution < 1.29 is 17.9 Å². The number of hydrogen-bond donors (Lipinski definition) is 1. The van der Waals surface area contributed by atoms with Gasteiger partial charge in [0.1, 0.15) is 18.7 Å². The first-order valence-electron chi connectivity index (χ1n) is 11.0. The van der Waals surface area contributed by atoms with Gasteiger partial charge < -0.3 is 15.0 Å². The summed E-state index contributed by atoms with van der Waals surface area (Å²) < 4.78 is 47.0. The molecule has 2 bridgehead atoms. The van der Waals surface area contributed by atoms with Gasteiger partial charge in [0.2, 0.25) is 5.95 Å². The molecule has 2 aliphatic rings. The number of alkyl halides is 2. The minimum Gasteiger partial charge on any atom is -0.421 e. The van der Waals surface area contributed by atoms with Crippen LogP contribution in [-0.4, -0.2) is 50.3 Å². The topological polar surface area (TPSA) is 81.0 Å². The standard InChI is InChI=1S/C22H23ClF3N7O/c1-12-7-18(28-11-27-12)32-8-13-5-6-14(9-32)20(13)29-21-30-22(33(31-21)10-17(24)25)34-16-4-2-3-15(23)19(16)26/h2-4,7,11,13-14,17,20H,5-6,8-10H2,1H3,(H,29,31)/t13-,14+,20-. The first-order valence-corrected chi connectivity index (χ1v) is 11.4. The van der Waals surface area contributed by atoms with Crippen LogP contribution >= 0.6 is 11.6 Å². The molecule has 1 aromatic carbocycles. The molecule has 180 valence electrons. The number of aromatic nitrogens is 5. The van der Waals surface area contributed by atoms with Crippen LogP contribution in [0.1, 0.15) is 18.5 Å². The fourth-order valence-electron chi connectivity index (χ4n) is 4.78. The van der Waals surface area contributed by atoms with Crippen molar-refractivity contribution >= 4 is 23.4 Å². The maximum atomic E-state index is 14.3. The van der Waals surface area contributed by atoms with Gasteiger partial charge in [0.25, 0.3) is 6.43 Å². The van der Waals surface area contributed by atoms with Crippen LogP contribution < -0.4 is 15.0 Å². The zero-order valence-electron chi connectivity index (χ0n) is 18.3. The summed E-state index contributed by atoms with van der Waals surface area (Å²) in [6.07, 6.45) is 0.938. The number of ether oxygens (including phenoxy) is 1. The lowest BCUT2D eigenvalue weighted by atomic mass is 9.92. The highest BCUT2D eigenvalue weighted by molar-refractivity contribution is 6.30. The molecule has 1 saturated carbocycles. The molecular formula is C22H23ClF3N7O. The van der Waals surface area contributed by atoms with Crippen molar-refractivity contribution in [1.82, 2.24) is 24.7 Å². The van der Waals surface area contributed by atoms with Crippen LogP contribution in [0.15, 0.2) is 30.6 Å². The van der Waals surface area contributed by atoms with Gasteiger partial charge >= 0.3 is 6.01 Å². The normalized spacial score (nSPS) is 21.8. The van der Waals surface area contributed by atoms with Crippen LogP contribution in [0.5, 0.6) is 11.8 Å². The monoisotopic (exact) mass is 493 g/mol. The van der Waals surface area contributed by atoms with E-state index >= 15 is 0 Å². The van der Waals surface area contributed by atoms with Crippen molar-refractivity contribution in [2.45, 2.75) is 38.8 Å². The Labute approximate surface area is 199 Å². The largest absolute Gasteiger partial charge is 0.421 e. The van der Waals surface area contributed by atoms with Gasteiger partial charge in [-0.2, -0.15) is 4.98 Å². The number of hydrogen-bond acceptors (Lipinski definition) is 7. The number of fused-ring (bicyclic) bond motifs is 2. The molecular weight excluding hydrogens is 471 g/mol. The van der Waals surface area contributed by atoms with Gasteiger partial charge in [-0.15, -0.1) is 5.10 Å². The van der Waals surface area contributed by atoms with E-state index in [4.69, 9.17) is 16.3 Å². The van der Waals surface area contributed by atoms with E-state index in [1.165, 1.54) is 18.2 Å². The highest BCUT2D eigenvalue weighted by Gasteiger charge is 2.43. The molecule has 1 N–H and O–H groups in total. The van der Waals surface area contributed by atoms with E-state index in [-0.39, 0.29) is 28.8 Å². The molecule has 1 aliphatic carbocycles. The van der Waals surface area contributed by atoms with Crippen molar-refractivity contribution in [3.05, 3.63) is 47.1 Å². The Morgan fingerprint density at radius 1 is 1.21 bits per heavy atom. The predicted octanol–water partition coefficient (Wildman–Crippen LogP) is 4.55. The highest BCUT2D eigenvalue weighted by Crippen LogP contribution is 2.40. The van der Waals surface area contributed by atoms with E-state index in [9.17, 15) is 13.2 Å². The lowest BCUT2D eigenvalue weighted by Crippen LogP contribution is -2.48. The molecule has 1 saturated heterocycles. The van der Waals surface area contributed by atoms with Gasteiger partial charge in [0.15, 0.2) is 11.6 Å². The summed E-state index contributed by atoms with van der Waals surface area (Å²) in [6, 6.07) is 6.03. The number of anilines is 2. The van der Waals surface area contributed by atoms with E-state index in [0.29, 0.717) is 11.8 Å². The number of benzene rings is 1. The number of aryl methyl sites for hydroxylation is 1. The zero-order valence-corrected chi connectivity index (χ0v) is 19.1. The van der Waals surface area contributed by atoms with Gasteiger partial charge in [-0.05, 0) is 43.7 Å². The van der Waals surface area contributed by atoms with Crippen molar-refractivity contribution in [3.8, 4) is 11.8 Å². The summed E-state index contributed by atoms with van der Waals surface area (Å²) in [6.45, 7) is 2.81. The summed E-state index contributed by atoms with van der Waals surface area (Å²) in [5.74, 6) is 0.690. The Hall–Kier alpha value is -3.08. The van der Waals surface area contributed by atoms with Gasteiger partial charge in [0.05, 0.1) is 5.02 Å². The maximum absolute atomic E-state index is 14.3. The smallest absolute Gasteiger partial charge is 0.322 e. The van der Waals surface area contributed by atoms with Crippen LogP contribution in [0.25, 0.3) is 0 Å². The van der Waals surface area contributed by atoms with Crippen LogP contribution in [-0.2, 0) is 6.54 Å². The van der Waals surface area contributed by atoms with Gasteiger partial charge in [0, 0.05) is 30.9 Å². The summed E-state index contributed by atoms with van der Waals surface area (Å²) in [5.41, 5.74) is 0.912. The first-order chi connectivity index (χ1) is 16.4. The van der Waals surface area contributed by atoms with Crippen molar-refractivity contribution in [1.29, 1.82) is 0 Å². The molecule has 1 aliphatic heterocycles. The van der Waals surface area contributed by atoms with Crippen molar-refractivity contribution in [2.75, 3.05) is 23.3 Å². The lowest BCUT2D eigenvalue weighted by Gasteiger charge is -2.38. The summed E-state index contributed by atoms with van der Waals surface area (Å²) >= 11 is 5.80. The van der Waals surface area contributed by atoms with E-state index in [1.807, 2.05) is 13.0 Å². The molecule has 0 radical (unpaired) electrons. The van der Waals surface area contributed by atoms with Crippen LogP contribution in [0.3, 0.4) is 0 Å². The Morgan fingerprint density at radius 2 is 1.97 bits per heavy atom. The Morgan fingerprint density at radius 3 is 2.68 bits per heavy atom. The molecule has 0 unspecified atom stereocenters. The molecule has 2 aromatic heterocycles. The summed E-state index contributed by atoms with van der Waals surface area (Å²) in [7, 11) is 0. The fourth-order valence-corrected chi connectivity index (χ4v) is 4.95. The first kappa shape index (κ1) is 22.7. The lowest BCUT2D eigenvalue weighted by molar-refractivity contribution is 0.118. The van der Waals surface area contributed by atoms with E-state index in [2.05, 4.69) is 30.3 Å². The second-order valence-corrected chi connectivity index (χ2v) is 9.04. The van der Waals surface area contributed by atoms with Crippen LogP contribution in [0.4, 0.5) is 24.9 Å². The fraction of sp³-hybridized carbons (Fsp3) is 0.455. The SMILES string of the molecule is Cc1cc(N2C[C@H]3CC[C@@H](C2)[C@@H]3Nc2nc(Oc3cccc(Cl)c3F)n(CC(F)F)n2)ncn1.